The van der Waals surface area contributed by atoms with Crippen molar-refractivity contribution in [1.29, 1.82) is 0 Å². The minimum absolute atomic E-state index is 0.00543. The molecule has 1 aromatic carbocycles. The fourth-order valence-corrected chi connectivity index (χ4v) is 3.79. The van der Waals surface area contributed by atoms with E-state index in [0.29, 0.717) is 11.5 Å². The molecule has 0 spiro atoms. The molecule has 6 heteroatoms. The molecule has 1 amide bonds. The molecule has 0 bridgehead atoms. The van der Waals surface area contributed by atoms with Crippen molar-refractivity contribution in [2.75, 3.05) is 39.9 Å². The van der Waals surface area contributed by atoms with Gasteiger partial charge >= 0.3 is 0 Å². The summed E-state index contributed by atoms with van der Waals surface area (Å²) in [6.45, 7) is 6.68. The van der Waals surface area contributed by atoms with Crippen LogP contribution in [-0.2, 0) is 18.2 Å². The highest BCUT2D eigenvalue weighted by Crippen LogP contribution is 2.24. The third-order valence-corrected chi connectivity index (χ3v) is 5.37. The second-order valence-electron chi connectivity index (χ2n) is 7.22. The number of hydrogen-bond donors (Lipinski definition) is 1. The van der Waals surface area contributed by atoms with Crippen LogP contribution >= 0.6 is 0 Å². The van der Waals surface area contributed by atoms with Gasteiger partial charge in [-0.15, -0.1) is 0 Å². The van der Waals surface area contributed by atoms with Crippen LogP contribution in [0.5, 0.6) is 0 Å². The zero-order chi connectivity index (χ0) is 19.2. The van der Waals surface area contributed by atoms with Gasteiger partial charge in [-0.2, -0.15) is 5.10 Å². The van der Waals surface area contributed by atoms with Gasteiger partial charge in [0.25, 0.3) is 5.91 Å². The Labute approximate surface area is 161 Å². The first-order valence-electron chi connectivity index (χ1n) is 9.73. The smallest absolute Gasteiger partial charge is 0.251 e. The summed E-state index contributed by atoms with van der Waals surface area (Å²) in [7, 11) is 3.69. The predicted molar refractivity (Wildman–Crippen MR) is 107 cm³/mol. The van der Waals surface area contributed by atoms with Crippen LogP contribution < -0.4 is 5.32 Å². The molecule has 0 saturated carbocycles. The Morgan fingerprint density at radius 1 is 1.41 bits per heavy atom. The minimum Gasteiger partial charge on any atom is -0.383 e. The molecule has 0 aliphatic carbocycles. The van der Waals surface area contributed by atoms with E-state index in [0.717, 1.165) is 56.8 Å². The molecule has 27 heavy (non-hydrogen) atoms. The van der Waals surface area contributed by atoms with Crippen LogP contribution in [-0.4, -0.2) is 60.5 Å². The maximum absolute atomic E-state index is 12.6. The molecule has 2 heterocycles. The lowest BCUT2D eigenvalue weighted by molar-refractivity contribution is 0.0946. The zero-order valence-corrected chi connectivity index (χ0v) is 16.6. The van der Waals surface area contributed by atoms with Crippen molar-refractivity contribution >= 4 is 5.91 Å². The highest BCUT2D eigenvalue weighted by Gasteiger charge is 2.22. The summed E-state index contributed by atoms with van der Waals surface area (Å²) in [4.78, 5) is 15.0. The monoisotopic (exact) mass is 370 g/mol. The van der Waals surface area contributed by atoms with Crippen LogP contribution in [0, 0.1) is 5.92 Å². The Hall–Kier alpha value is -2.18. The zero-order valence-electron chi connectivity index (χ0n) is 16.6. The summed E-state index contributed by atoms with van der Waals surface area (Å²) in [5.41, 5.74) is 4.01. The van der Waals surface area contributed by atoms with Crippen molar-refractivity contribution < 1.29 is 9.53 Å². The Balaban J connectivity index is 1.59. The van der Waals surface area contributed by atoms with Gasteiger partial charge in [0.15, 0.2) is 0 Å². The lowest BCUT2D eigenvalue weighted by Gasteiger charge is -2.15. The number of hydrogen-bond acceptors (Lipinski definition) is 4. The van der Waals surface area contributed by atoms with Gasteiger partial charge in [-0.05, 0) is 43.0 Å². The van der Waals surface area contributed by atoms with Gasteiger partial charge in [-0.1, -0.05) is 19.1 Å². The molecule has 146 valence electrons. The molecule has 6 nitrogen and oxygen atoms in total. The summed E-state index contributed by atoms with van der Waals surface area (Å²) < 4.78 is 7.04. The maximum Gasteiger partial charge on any atom is 0.251 e. The second kappa shape index (κ2) is 9.15. The van der Waals surface area contributed by atoms with E-state index in [2.05, 4.69) is 22.2 Å². The van der Waals surface area contributed by atoms with E-state index in [1.54, 1.807) is 7.11 Å². The Morgan fingerprint density at radius 3 is 3.04 bits per heavy atom. The molecule has 1 atom stereocenters. The number of aryl methyl sites for hydroxylation is 1. The molecule has 0 unspecified atom stereocenters. The van der Waals surface area contributed by atoms with Crippen molar-refractivity contribution in [3.05, 3.63) is 41.7 Å². The third kappa shape index (κ3) is 4.76. The standard InChI is InChI=1S/C21H30N4O2/c1-4-20-19(14-23-24(20)2)17-6-5-7-18(12-17)21(26)22-13-16-8-9-25(15-16)10-11-27-3/h5-7,12,14,16H,4,8-11,13,15H2,1-3H3,(H,22,26)/t16-/m0/s1. The Morgan fingerprint density at radius 2 is 2.26 bits per heavy atom. The van der Waals surface area contributed by atoms with Gasteiger partial charge in [0.05, 0.1) is 12.8 Å². The normalized spacial score (nSPS) is 17.4. The average Bonchev–Trinajstić information content (AvgIpc) is 3.30. The summed E-state index contributed by atoms with van der Waals surface area (Å²) in [5, 5.41) is 7.47. The SMILES string of the molecule is CCc1c(-c2cccc(C(=O)NC[C@@H]3CCN(CCOC)C3)c2)cnn1C. The van der Waals surface area contributed by atoms with Gasteiger partial charge in [0.1, 0.15) is 0 Å². The molecular formula is C21H30N4O2. The van der Waals surface area contributed by atoms with Crippen molar-refractivity contribution in [3.8, 4) is 11.1 Å². The summed E-state index contributed by atoms with van der Waals surface area (Å²) in [5.74, 6) is 0.508. The first-order chi connectivity index (χ1) is 13.1. The number of rotatable bonds is 8. The molecule has 2 aromatic rings. The van der Waals surface area contributed by atoms with Gasteiger partial charge in [-0.3, -0.25) is 9.48 Å². The molecule has 1 fully saturated rings. The quantitative estimate of drug-likeness (QED) is 0.775. The van der Waals surface area contributed by atoms with Crippen LogP contribution in [0.4, 0.5) is 0 Å². The van der Waals surface area contributed by atoms with Crippen molar-refractivity contribution in [3.63, 3.8) is 0 Å². The topological polar surface area (TPSA) is 59.4 Å². The van der Waals surface area contributed by atoms with E-state index in [9.17, 15) is 4.79 Å². The van der Waals surface area contributed by atoms with Gasteiger partial charge < -0.3 is 15.0 Å². The number of aromatic nitrogens is 2. The van der Waals surface area contributed by atoms with E-state index in [-0.39, 0.29) is 5.91 Å². The fraction of sp³-hybridized carbons (Fsp3) is 0.524. The number of amides is 1. The lowest BCUT2D eigenvalue weighted by atomic mass is 10.0. The second-order valence-corrected chi connectivity index (χ2v) is 7.22. The molecule has 1 saturated heterocycles. The summed E-state index contributed by atoms with van der Waals surface area (Å²) in [6.07, 6.45) is 3.91. The van der Waals surface area contributed by atoms with E-state index in [1.165, 1.54) is 5.69 Å². The Bertz CT molecular complexity index is 771. The van der Waals surface area contributed by atoms with Crippen LogP contribution in [0.1, 0.15) is 29.4 Å². The number of likely N-dealkylation sites (tertiary alicyclic amines) is 1. The van der Waals surface area contributed by atoms with Crippen molar-refractivity contribution in [1.82, 2.24) is 20.0 Å². The predicted octanol–water partition coefficient (Wildman–Crippen LogP) is 2.35. The first-order valence-corrected chi connectivity index (χ1v) is 9.73. The number of benzene rings is 1. The van der Waals surface area contributed by atoms with Crippen molar-refractivity contribution in [2.24, 2.45) is 13.0 Å². The Kier molecular flexibility index (Phi) is 6.63. The van der Waals surface area contributed by atoms with E-state index in [1.807, 2.05) is 42.2 Å². The van der Waals surface area contributed by atoms with Crippen LogP contribution in [0.2, 0.25) is 0 Å². The third-order valence-electron chi connectivity index (χ3n) is 5.37. The summed E-state index contributed by atoms with van der Waals surface area (Å²) >= 11 is 0. The summed E-state index contributed by atoms with van der Waals surface area (Å²) in [6, 6.07) is 7.82. The molecule has 1 aliphatic rings. The molecular weight excluding hydrogens is 340 g/mol. The number of methoxy groups -OCH3 is 1. The molecule has 3 rings (SSSR count). The number of ether oxygens (including phenoxy) is 1. The van der Waals surface area contributed by atoms with E-state index < -0.39 is 0 Å². The van der Waals surface area contributed by atoms with Crippen molar-refractivity contribution in [2.45, 2.75) is 19.8 Å². The number of carbonyl (C=O) groups is 1. The average molecular weight is 370 g/mol. The van der Waals surface area contributed by atoms with E-state index in [4.69, 9.17) is 4.74 Å². The maximum atomic E-state index is 12.6. The number of nitrogens with zero attached hydrogens (tertiary/aromatic N) is 3. The molecule has 1 aliphatic heterocycles. The number of nitrogens with one attached hydrogen (secondary N) is 1. The molecule has 1 N–H and O–H groups in total. The van der Waals surface area contributed by atoms with Gasteiger partial charge in [0.2, 0.25) is 0 Å². The molecule has 0 radical (unpaired) electrons. The highest BCUT2D eigenvalue weighted by atomic mass is 16.5. The number of carbonyl (C=O) groups excluding carboxylic acids is 1. The lowest BCUT2D eigenvalue weighted by Crippen LogP contribution is -2.31. The molecule has 1 aromatic heterocycles. The van der Waals surface area contributed by atoms with Crippen LogP contribution in [0.3, 0.4) is 0 Å². The fourth-order valence-electron chi connectivity index (χ4n) is 3.79. The first kappa shape index (κ1) is 19.6. The van der Waals surface area contributed by atoms with Gasteiger partial charge in [-0.25, -0.2) is 0 Å². The van der Waals surface area contributed by atoms with Crippen LogP contribution in [0.25, 0.3) is 11.1 Å². The van der Waals surface area contributed by atoms with Gasteiger partial charge in [0, 0.05) is 50.6 Å². The van der Waals surface area contributed by atoms with Crippen LogP contribution in [0.15, 0.2) is 30.5 Å². The largest absolute Gasteiger partial charge is 0.383 e. The highest BCUT2D eigenvalue weighted by molar-refractivity contribution is 5.95. The minimum atomic E-state index is -0.00543. The van der Waals surface area contributed by atoms with E-state index >= 15 is 0 Å².